The molecule has 5 rings (SSSR count). The Morgan fingerprint density at radius 1 is 0.425 bits per heavy atom. The van der Waals surface area contributed by atoms with Crippen molar-refractivity contribution in [1.82, 2.24) is 4.98 Å². The molecular weight excluding hydrogens is 490 g/mol. The van der Waals surface area contributed by atoms with Gasteiger partial charge >= 0.3 is 0 Å². The fraction of sp³-hybridized carbons (Fsp3) is 0.216. The number of phenolic OH excluding ortho intramolecular Hbond substituents is 2. The number of hydrogen-bond acceptors (Lipinski definition) is 3. The highest BCUT2D eigenvalue weighted by Gasteiger charge is 2.20. The maximum absolute atomic E-state index is 11.6. The summed E-state index contributed by atoms with van der Waals surface area (Å²) in [4.78, 5) is 4.98. The van der Waals surface area contributed by atoms with E-state index >= 15 is 0 Å². The molecule has 0 aliphatic heterocycles. The van der Waals surface area contributed by atoms with Crippen molar-refractivity contribution in [2.45, 2.75) is 55.4 Å². The Hall–Kier alpha value is -4.37. The number of aromatic hydroxyl groups is 2. The van der Waals surface area contributed by atoms with Crippen LogP contribution in [-0.4, -0.2) is 15.2 Å². The predicted molar refractivity (Wildman–Crippen MR) is 167 cm³/mol. The average Bonchev–Trinajstić information content (AvgIpc) is 2.86. The summed E-state index contributed by atoms with van der Waals surface area (Å²) in [6.45, 7) is 16.6. The van der Waals surface area contributed by atoms with Crippen LogP contribution in [0.5, 0.6) is 11.5 Å². The van der Waals surface area contributed by atoms with Crippen LogP contribution < -0.4 is 0 Å². The fourth-order valence-electron chi connectivity index (χ4n) is 6.27. The van der Waals surface area contributed by atoms with Crippen molar-refractivity contribution in [2.24, 2.45) is 0 Å². The van der Waals surface area contributed by atoms with Gasteiger partial charge in [-0.05, 0) is 136 Å². The van der Waals surface area contributed by atoms with Gasteiger partial charge in [0.1, 0.15) is 11.5 Å². The van der Waals surface area contributed by atoms with Gasteiger partial charge in [0.15, 0.2) is 0 Å². The molecule has 5 aromatic rings. The van der Waals surface area contributed by atoms with Crippen LogP contribution in [0.3, 0.4) is 0 Å². The minimum absolute atomic E-state index is 0.213. The molecule has 0 saturated carbocycles. The van der Waals surface area contributed by atoms with Gasteiger partial charge in [0.25, 0.3) is 0 Å². The second kappa shape index (κ2) is 10.3. The zero-order valence-electron chi connectivity index (χ0n) is 24.7. The van der Waals surface area contributed by atoms with Crippen LogP contribution in [0.4, 0.5) is 0 Å². The van der Waals surface area contributed by atoms with E-state index < -0.39 is 0 Å². The van der Waals surface area contributed by atoms with Crippen LogP contribution >= 0.6 is 0 Å². The first-order valence-corrected chi connectivity index (χ1v) is 13.8. The highest BCUT2D eigenvalue weighted by molar-refractivity contribution is 5.87. The molecule has 0 saturated heterocycles. The molecule has 0 atom stereocenters. The van der Waals surface area contributed by atoms with Gasteiger partial charge in [-0.1, -0.05) is 41.5 Å². The Morgan fingerprint density at radius 3 is 1.07 bits per heavy atom. The predicted octanol–water partition coefficient (Wildman–Crippen LogP) is 9.63. The van der Waals surface area contributed by atoms with Gasteiger partial charge in [-0.2, -0.15) is 0 Å². The molecule has 40 heavy (non-hydrogen) atoms. The number of phenols is 2. The summed E-state index contributed by atoms with van der Waals surface area (Å²) in [5, 5.41) is 23.2. The summed E-state index contributed by atoms with van der Waals surface area (Å²) in [6, 6.07) is 22.4. The van der Waals surface area contributed by atoms with Crippen molar-refractivity contribution in [2.75, 3.05) is 0 Å². The second-order valence-corrected chi connectivity index (χ2v) is 11.4. The van der Waals surface area contributed by atoms with Crippen LogP contribution in [0.1, 0.15) is 44.5 Å². The maximum atomic E-state index is 11.6. The van der Waals surface area contributed by atoms with Gasteiger partial charge in [-0.15, -0.1) is 0 Å². The third-order valence-electron chi connectivity index (χ3n) is 7.70. The number of benzene rings is 4. The number of aryl methyl sites for hydroxylation is 8. The number of aromatic nitrogens is 1. The number of nitrogens with zero attached hydrogens (tertiary/aromatic N) is 1. The van der Waals surface area contributed by atoms with Crippen LogP contribution in [-0.2, 0) is 0 Å². The lowest BCUT2D eigenvalue weighted by atomic mass is 9.89. The molecule has 0 radical (unpaired) electrons. The fourth-order valence-corrected chi connectivity index (χ4v) is 6.27. The SMILES string of the molecule is Cc1cc(C)c(-c2cc(C)cc(-c3cccc(-c4cc(C)cc(-c5c(C)cc(C)cc5C)c4O)n3)c2O)c(C)c1. The van der Waals surface area contributed by atoms with Crippen molar-refractivity contribution in [3.63, 3.8) is 0 Å². The zero-order valence-corrected chi connectivity index (χ0v) is 24.7. The lowest BCUT2D eigenvalue weighted by Gasteiger charge is -2.18. The standard InChI is InChI=1S/C37H37NO2/c1-20-12-24(5)34(25(6)13-20)30-18-22(3)16-28(36(30)39)32-10-9-11-33(38-32)29-17-23(4)19-31(37(29)40)35-26(7)14-21(2)15-27(35)8/h9-19,39-40H,1-8H3. The highest BCUT2D eigenvalue weighted by Crippen LogP contribution is 2.44. The molecule has 0 spiro atoms. The molecule has 1 heterocycles. The molecule has 1 aromatic heterocycles. The van der Waals surface area contributed by atoms with E-state index in [1.165, 1.54) is 11.1 Å². The summed E-state index contributed by atoms with van der Waals surface area (Å²) in [7, 11) is 0. The Morgan fingerprint density at radius 2 is 0.725 bits per heavy atom. The summed E-state index contributed by atoms with van der Waals surface area (Å²) >= 11 is 0. The lowest BCUT2D eigenvalue weighted by molar-refractivity contribution is 0.479. The molecule has 202 valence electrons. The first-order valence-electron chi connectivity index (χ1n) is 13.8. The third-order valence-corrected chi connectivity index (χ3v) is 7.70. The zero-order chi connectivity index (χ0) is 28.9. The van der Waals surface area contributed by atoms with E-state index in [0.717, 1.165) is 55.6 Å². The van der Waals surface area contributed by atoms with Gasteiger partial charge < -0.3 is 10.2 Å². The number of pyridine rings is 1. The summed E-state index contributed by atoms with van der Waals surface area (Å²) in [5.41, 5.74) is 15.4. The lowest BCUT2D eigenvalue weighted by Crippen LogP contribution is -1.96. The largest absolute Gasteiger partial charge is 0.507 e. The van der Waals surface area contributed by atoms with E-state index in [-0.39, 0.29) is 11.5 Å². The van der Waals surface area contributed by atoms with Crippen molar-refractivity contribution < 1.29 is 10.2 Å². The van der Waals surface area contributed by atoms with Gasteiger partial charge in [0.05, 0.1) is 11.4 Å². The molecule has 0 bridgehead atoms. The molecule has 0 amide bonds. The van der Waals surface area contributed by atoms with Crippen LogP contribution in [0, 0.1) is 55.4 Å². The molecule has 0 aliphatic carbocycles. The second-order valence-electron chi connectivity index (χ2n) is 11.4. The van der Waals surface area contributed by atoms with Crippen LogP contribution in [0.15, 0.2) is 66.7 Å². The Labute approximate surface area is 237 Å². The van der Waals surface area contributed by atoms with Gasteiger partial charge in [0.2, 0.25) is 0 Å². The molecule has 2 N–H and O–H groups in total. The quantitative estimate of drug-likeness (QED) is 0.245. The van der Waals surface area contributed by atoms with E-state index in [0.29, 0.717) is 22.5 Å². The van der Waals surface area contributed by atoms with Gasteiger partial charge in [-0.25, -0.2) is 4.98 Å². The van der Waals surface area contributed by atoms with Crippen molar-refractivity contribution in [1.29, 1.82) is 0 Å². The molecule has 3 nitrogen and oxygen atoms in total. The van der Waals surface area contributed by atoms with Crippen LogP contribution in [0.25, 0.3) is 44.8 Å². The summed E-state index contributed by atoms with van der Waals surface area (Å²) in [5.74, 6) is 0.427. The van der Waals surface area contributed by atoms with E-state index in [1.54, 1.807) is 0 Å². The van der Waals surface area contributed by atoms with Crippen molar-refractivity contribution >= 4 is 0 Å². The topological polar surface area (TPSA) is 53.4 Å². The minimum Gasteiger partial charge on any atom is -0.507 e. The summed E-state index contributed by atoms with van der Waals surface area (Å²) in [6.07, 6.45) is 0. The van der Waals surface area contributed by atoms with Crippen molar-refractivity contribution in [3.8, 4) is 56.3 Å². The molecule has 3 heteroatoms. The van der Waals surface area contributed by atoms with E-state index in [4.69, 9.17) is 4.98 Å². The van der Waals surface area contributed by atoms with Crippen molar-refractivity contribution in [3.05, 3.63) is 111 Å². The third kappa shape index (κ3) is 4.88. The Kier molecular flexibility index (Phi) is 7.01. The minimum atomic E-state index is 0.213. The van der Waals surface area contributed by atoms with E-state index in [9.17, 15) is 10.2 Å². The molecule has 0 fully saturated rings. The smallest absolute Gasteiger partial charge is 0.132 e. The van der Waals surface area contributed by atoms with Gasteiger partial charge in [0, 0.05) is 22.3 Å². The van der Waals surface area contributed by atoms with Gasteiger partial charge in [-0.3, -0.25) is 0 Å². The monoisotopic (exact) mass is 527 g/mol. The molecule has 0 aliphatic rings. The highest BCUT2D eigenvalue weighted by atomic mass is 16.3. The summed E-state index contributed by atoms with van der Waals surface area (Å²) < 4.78 is 0. The Bertz CT molecular complexity index is 1620. The maximum Gasteiger partial charge on any atom is 0.132 e. The number of hydrogen-bond donors (Lipinski definition) is 2. The first-order chi connectivity index (χ1) is 18.9. The molecule has 4 aromatic carbocycles. The molecular formula is C37H37NO2. The normalized spacial score (nSPS) is 11.2. The average molecular weight is 528 g/mol. The molecule has 0 unspecified atom stereocenters. The van der Waals surface area contributed by atoms with E-state index in [1.807, 2.05) is 56.3 Å². The van der Waals surface area contributed by atoms with Crippen LogP contribution in [0.2, 0.25) is 0 Å². The van der Waals surface area contributed by atoms with E-state index in [2.05, 4.69) is 65.8 Å². The number of rotatable bonds is 4. The Balaban J connectivity index is 1.68. The first kappa shape index (κ1) is 27.2.